The zero-order valence-electron chi connectivity index (χ0n) is 15.9. The van der Waals surface area contributed by atoms with Crippen molar-refractivity contribution >= 4 is 46.2 Å². The summed E-state index contributed by atoms with van der Waals surface area (Å²) < 4.78 is 10.9. The molecule has 0 N–H and O–H groups in total. The molecule has 5 nitrogen and oxygen atoms in total. The molecule has 1 aliphatic heterocycles. The molecule has 2 aromatic rings. The molecule has 0 atom stereocenters. The lowest BCUT2D eigenvalue weighted by Crippen LogP contribution is -2.28. The van der Waals surface area contributed by atoms with Gasteiger partial charge < -0.3 is 9.47 Å². The topological polar surface area (TPSA) is 51.1 Å². The van der Waals surface area contributed by atoms with Crippen LogP contribution in [0.5, 0.6) is 11.5 Å². The first-order chi connectivity index (χ1) is 13.5. The van der Waals surface area contributed by atoms with E-state index in [9.17, 15) is 4.79 Å². The van der Waals surface area contributed by atoms with Gasteiger partial charge in [-0.05, 0) is 73.6 Å². The zero-order valence-corrected chi connectivity index (χ0v) is 17.5. The van der Waals surface area contributed by atoms with Crippen LogP contribution in [0.2, 0.25) is 5.02 Å². The third-order valence-electron chi connectivity index (χ3n) is 4.04. The minimum atomic E-state index is -0.0611. The molecular weight excluding hydrogens is 396 g/mol. The van der Waals surface area contributed by atoms with Crippen molar-refractivity contribution in [3.8, 4) is 11.5 Å². The average molecular weight is 417 g/mol. The number of aliphatic imine (C=N–C) groups is 1. The summed E-state index contributed by atoms with van der Waals surface area (Å²) in [6, 6.07) is 12.8. The van der Waals surface area contributed by atoms with E-state index in [0.29, 0.717) is 39.7 Å². The number of thioether (sulfide) groups is 1. The SMILES string of the molecule is CCOc1cc(/C=C2/SC(=Nc3ccc(Cl)cc3)N(CC)C2=O)ccc1OC. The second-order valence-electron chi connectivity index (χ2n) is 5.87. The van der Waals surface area contributed by atoms with Crippen molar-refractivity contribution in [2.24, 2.45) is 4.99 Å². The van der Waals surface area contributed by atoms with Gasteiger partial charge in [-0.15, -0.1) is 0 Å². The number of amides is 1. The summed E-state index contributed by atoms with van der Waals surface area (Å²) in [6.07, 6.45) is 1.85. The first-order valence-electron chi connectivity index (χ1n) is 8.92. The van der Waals surface area contributed by atoms with Gasteiger partial charge >= 0.3 is 0 Å². The van der Waals surface area contributed by atoms with Crippen molar-refractivity contribution < 1.29 is 14.3 Å². The van der Waals surface area contributed by atoms with E-state index >= 15 is 0 Å². The Kier molecular flexibility index (Phi) is 6.65. The molecular formula is C21H21ClN2O3S. The van der Waals surface area contributed by atoms with Crippen LogP contribution < -0.4 is 9.47 Å². The quantitative estimate of drug-likeness (QED) is 0.594. The second-order valence-corrected chi connectivity index (χ2v) is 7.32. The molecule has 1 heterocycles. The number of carbonyl (C=O) groups is 1. The van der Waals surface area contributed by atoms with Gasteiger partial charge in [-0.3, -0.25) is 9.69 Å². The average Bonchev–Trinajstić information content (AvgIpc) is 2.98. The summed E-state index contributed by atoms with van der Waals surface area (Å²) in [6.45, 7) is 4.92. The fourth-order valence-corrected chi connectivity index (χ4v) is 3.89. The van der Waals surface area contributed by atoms with E-state index in [-0.39, 0.29) is 5.91 Å². The Labute approximate surface area is 174 Å². The van der Waals surface area contributed by atoms with Gasteiger partial charge in [-0.25, -0.2) is 4.99 Å². The molecule has 3 rings (SSSR count). The van der Waals surface area contributed by atoms with E-state index in [2.05, 4.69) is 4.99 Å². The number of rotatable bonds is 6. The highest BCUT2D eigenvalue weighted by Gasteiger charge is 2.32. The maximum Gasteiger partial charge on any atom is 0.266 e. The largest absolute Gasteiger partial charge is 0.493 e. The molecule has 7 heteroatoms. The highest BCUT2D eigenvalue weighted by molar-refractivity contribution is 8.18. The summed E-state index contributed by atoms with van der Waals surface area (Å²) in [5.74, 6) is 1.25. The summed E-state index contributed by atoms with van der Waals surface area (Å²) in [5.41, 5.74) is 1.62. The third kappa shape index (κ3) is 4.51. The number of hydrogen-bond acceptors (Lipinski definition) is 5. The smallest absolute Gasteiger partial charge is 0.266 e. The molecule has 1 amide bonds. The molecule has 0 unspecified atom stereocenters. The Hall–Kier alpha value is -2.44. The maximum absolute atomic E-state index is 12.8. The monoisotopic (exact) mass is 416 g/mol. The van der Waals surface area contributed by atoms with Crippen molar-refractivity contribution in [2.75, 3.05) is 20.3 Å². The molecule has 1 aliphatic rings. The molecule has 0 bridgehead atoms. The van der Waals surface area contributed by atoms with Crippen molar-refractivity contribution in [3.63, 3.8) is 0 Å². The Morgan fingerprint density at radius 1 is 1.14 bits per heavy atom. The van der Waals surface area contributed by atoms with Crippen molar-refractivity contribution in [1.82, 2.24) is 4.90 Å². The number of benzene rings is 2. The van der Waals surface area contributed by atoms with E-state index in [1.807, 2.05) is 50.3 Å². The maximum atomic E-state index is 12.8. The predicted molar refractivity (Wildman–Crippen MR) is 116 cm³/mol. The summed E-state index contributed by atoms with van der Waals surface area (Å²) >= 11 is 7.29. The molecule has 0 radical (unpaired) electrons. The molecule has 2 aromatic carbocycles. The second kappa shape index (κ2) is 9.17. The molecule has 28 heavy (non-hydrogen) atoms. The van der Waals surface area contributed by atoms with Crippen molar-refractivity contribution in [3.05, 3.63) is 58.0 Å². The first kappa shape index (κ1) is 20.3. The minimum absolute atomic E-state index is 0.0611. The molecule has 0 spiro atoms. The number of amidine groups is 1. The van der Waals surface area contributed by atoms with Gasteiger partial charge in [0.05, 0.1) is 24.3 Å². The Morgan fingerprint density at radius 2 is 1.89 bits per heavy atom. The molecule has 0 aromatic heterocycles. The molecule has 146 valence electrons. The highest BCUT2D eigenvalue weighted by atomic mass is 35.5. The van der Waals surface area contributed by atoms with Crippen LogP contribution in [0.25, 0.3) is 6.08 Å². The van der Waals surface area contributed by atoms with Crippen LogP contribution in [-0.4, -0.2) is 36.2 Å². The fourth-order valence-electron chi connectivity index (χ4n) is 2.70. The molecule has 1 fully saturated rings. The molecule has 0 saturated carbocycles. The van der Waals surface area contributed by atoms with Crippen LogP contribution >= 0.6 is 23.4 Å². The van der Waals surface area contributed by atoms with Crippen LogP contribution in [0.15, 0.2) is 52.4 Å². The number of hydrogen-bond donors (Lipinski definition) is 0. The van der Waals surface area contributed by atoms with Crippen molar-refractivity contribution in [2.45, 2.75) is 13.8 Å². The Morgan fingerprint density at radius 3 is 2.54 bits per heavy atom. The molecule has 0 aliphatic carbocycles. The number of halogens is 1. The number of ether oxygens (including phenoxy) is 2. The van der Waals surface area contributed by atoms with E-state index < -0.39 is 0 Å². The zero-order chi connectivity index (χ0) is 20.1. The minimum Gasteiger partial charge on any atom is -0.493 e. The Balaban J connectivity index is 1.91. The lowest BCUT2D eigenvalue weighted by atomic mass is 10.2. The number of nitrogens with zero attached hydrogens (tertiary/aromatic N) is 2. The van der Waals surface area contributed by atoms with Crippen LogP contribution in [-0.2, 0) is 4.79 Å². The summed E-state index contributed by atoms with van der Waals surface area (Å²) in [7, 11) is 1.60. The Bertz CT molecular complexity index is 926. The number of methoxy groups -OCH3 is 1. The van der Waals surface area contributed by atoms with Crippen LogP contribution in [0.1, 0.15) is 19.4 Å². The number of likely N-dealkylation sites (N-methyl/N-ethyl adjacent to an activating group) is 1. The van der Waals surface area contributed by atoms with E-state index in [1.54, 1.807) is 24.1 Å². The standard InChI is InChI=1S/C21H21ClN2O3S/c1-4-24-20(25)19(28-21(24)23-16-9-7-15(22)8-10-16)13-14-6-11-17(26-3)18(12-14)27-5-2/h6-13H,4-5H2,1-3H3/b19-13+,23-21?. The lowest BCUT2D eigenvalue weighted by molar-refractivity contribution is -0.122. The normalized spacial score (nSPS) is 16.9. The van der Waals surface area contributed by atoms with Gasteiger partial charge in [0.2, 0.25) is 0 Å². The lowest BCUT2D eigenvalue weighted by Gasteiger charge is -2.12. The third-order valence-corrected chi connectivity index (χ3v) is 5.30. The van der Waals surface area contributed by atoms with E-state index in [1.165, 1.54) is 11.8 Å². The van der Waals surface area contributed by atoms with E-state index in [4.69, 9.17) is 21.1 Å². The van der Waals surface area contributed by atoms with Gasteiger partial charge in [0.25, 0.3) is 5.91 Å². The van der Waals surface area contributed by atoms with Crippen LogP contribution in [0.4, 0.5) is 5.69 Å². The van der Waals surface area contributed by atoms with Crippen molar-refractivity contribution in [1.29, 1.82) is 0 Å². The van der Waals surface area contributed by atoms with E-state index in [0.717, 1.165) is 11.3 Å². The number of carbonyl (C=O) groups excluding carboxylic acids is 1. The summed E-state index contributed by atoms with van der Waals surface area (Å²) in [5, 5.41) is 1.30. The van der Waals surface area contributed by atoms with Crippen LogP contribution in [0, 0.1) is 0 Å². The van der Waals surface area contributed by atoms with Crippen LogP contribution in [0.3, 0.4) is 0 Å². The van der Waals surface area contributed by atoms with Gasteiger partial charge in [0.15, 0.2) is 16.7 Å². The highest BCUT2D eigenvalue weighted by Crippen LogP contribution is 2.35. The van der Waals surface area contributed by atoms with Gasteiger partial charge in [0.1, 0.15) is 0 Å². The predicted octanol–water partition coefficient (Wildman–Crippen LogP) is 5.37. The van der Waals surface area contributed by atoms with Gasteiger partial charge in [0, 0.05) is 11.6 Å². The fraction of sp³-hybridized carbons (Fsp3) is 0.238. The first-order valence-corrected chi connectivity index (χ1v) is 10.1. The summed E-state index contributed by atoms with van der Waals surface area (Å²) in [4.78, 5) is 19.7. The van der Waals surface area contributed by atoms with Gasteiger partial charge in [-0.1, -0.05) is 17.7 Å². The molecule has 1 saturated heterocycles. The van der Waals surface area contributed by atoms with Gasteiger partial charge in [-0.2, -0.15) is 0 Å².